The molecule has 1 aromatic heterocycles. The molecule has 0 saturated carbocycles. The fourth-order valence-electron chi connectivity index (χ4n) is 1.21. The molecule has 5 nitrogen and oxygen atoms in total. The molecule has 5 heteroatoms. The lowest BCUT2D eigenvalue weighted by molar-refractivity contribution is -0.117. The van der Waals surface area contributed by atoms with E-state index >= 15 is 0 Å². The maximum Gasteiger partial charge on any atom is 0.225 e. The number of carbonyl (C=O) groups is 1. The highest BCUT2D eigenvalue weighted by Gasteiger charge is 2.04. The minimum Gasteiger partial charge on any atom is -0.369 e. The summed E-state index contributed by atoms with van der Waals surface area (Å²) in [5.41, 5.74) is 6.78. The van der Waals surface area contributed by atoms with Crippen LogP contribution in [0.5, 0.6) is 0 Å². The molecule has 0 aromatic carbocycles. The van der Waals surface area contributed by atoms with Crippen LogP contribution in [-0.4, -0.2) is 22.9 Å². The second kappa shape index (κ2) is 4.66. The SMILES string of the molecule is CNCc1cc(C)nc(CC(N)=O)n1. The van der Waals surface area contributed by atoms with Crippen molar-refractivity contribution in [2.75, 3.05) is 7.05 Å². The van der Waals surface area contributed by atoms with E-state index in [1.165, 1.54) is 0 Å². The average Bonchev–Trinajstić information content (AvgIpc) is 2.01. The molecule has 0 aliphatic carbocycles. The Morgan fingerprint density at radius 3 is 2.86 bits per heavy atom. The van der Waals surface area contributed by atoms with E-state index in [2.05, 4.69) is 15.3 Å². The minimum absolute atomic E-state index is 0.0956. The van der Waals surface area contributed by atoms with Gasteiger partial charge >= 0.3 is 0 Å². The number of rotatable bonds is 4. The maximum atomic E-state index is 10.7. The zero-order chi connectivity index (χ0) is 10.6. The number of aryl methyl sites for hydroxylation is 1. The van der Waals surface area contributed by atoms with Crippen molar-refractivity contribution in [3.05, 3.63) is 23.3 Å². The highest BCUT2D eigenvalue weighted by molar-refractivity contribution is 5.75. The summed E-state index contributed by atoms with van der Waals surface area (Å²) in [7, 11) is 1.84. The Morgan fingerprint density at radius 1 is 1.57 bits per heavy atom. The predicted molar refractivity (Wildman–Crippen MR) is 52.4 cm³/mol. The number of amides is 1. The van der Waals surface area contributed by atoms with Crippen molar-refractivity contribution in [1.82, 2.24) is 15.3 Å². The first-order valence-corrected chi connectivity index (χ1v) is 4.38. The van der Waals surface area contributed by atoms with Crippen LogP contribution in [0, 0.1) is 6.92 Å². The fraction of sp³-hybridized carbons (Fsp3) is 0.444. The van der Waals surface area contributed by atoms with Gasteiger partial charge in [0.2, 0.25) is 5.91 Å². The van der Waals surface area contributed by atoms with E-state index in [9.17, 15) is 4.79 Å². The summed E-state index contributed by atoms with van der Waals surface area (Å²) in [5, 5.41) is 2.99. The van der Waals surface area contributed by atoms with Crippen LogP contribution in [0.25, 0.3) is 0 Å². The van der Waals surface area contributed by atoms with Crippen LogP contribution in [0.2, 0.25) is 0 Å². The second-order valence-corrected chi connectivity index (χ2v) is 3.09. The zero-order valence-electron chi connectivity index (χ0n) is 8.37. The molecule has 0 spiro atoms. The normalized spacial score (nSPS) is 10.1. The molecule has 0 fully saturated rings. The van der Waals surface area contributed by atoms with Crippen molar-refractivity contribution in [1.29, 1.82) is 0 Å². The van der Waals surface area contributed by atoms with Gasteiger partial charge in [-0.1, -0.05) is 0 Å². The summed E-state index contributed by atoms with van der Waals surface area (Å²) in [4.78, 5) is 19.0. The van der Waals surface area contributed by atoms with Crippen LogP contribution in [0.3, 0.4) is 0 Å². The molecule has 0 aliphatic heterocycles. The monoisotopic (exact) mass is 194 g/mol. The molecule has 76 valence electrons. The van der Waals surface area contributed by atoms with Crippen LogP contribution in [0.4, 0.5) is 0 Å². The average molecular weight is 194 g/mol. The summed E-state index contributed by atoms with van der Waals surface area (Å²) >= 11 is 0. The van der Waals surface area contributed by atoms with E-state index < -0.39 is 5.91 Å². The number of carbonyl (C=O) groups excluding carboxylic acids is 1. The lowest BCUT2D eigenvalue weighted by Gasteiger charge is -2.03. The molecule has 14 heavy (non-hydrogen) atoms. The molecular formula is C9H14N4O. The van der Waals surface area contributed by atoms with Crippen molar-refractivity contribution < 1.29 is 4.79 Å². The van der Waals surface area contributed by atoms with Crippen molar-refractivity contribution in [2.45, 2.75) is 19.9 Å². The highest BCUT2D eigenvalue weighted by atomic mass is 16.1. The van der Waals surface area contributed by atoms with Crippen molar-refractivity contribution in [3.8, 4) is 0 Å². The van der Waals surface area contributed by atoms with E-state index in [0.717, 1.165) is 11.4 Å². The first-order chi connectivity index (χ1) is 6.61. The van der Waals surface area contributed by atoms with Crippen LogP contribution < -0.4 is 11.1 Å². The van der Waals surface area contributed by atoms with E-state index in [4.69, 9.17) is 5.73 Å². The van der Waals surface area contributed by atoms with Gasteiger partial charge in [0.05, 0.1) is 12.1 Å². The maximum absolute atomic E-state index is 10.7. The van der Waals surface area contributed by atoms with E-state index in [1.807, 2.05) is 20.0 Å². The molecule has 0 saturated heterocycles. The minimum atomic E-state index is -0.411. The number of nitrogens with zero attached hydrogens (tertiary/aromatic N) is 2. The number of nitrogens with one attached hydrogen (secondary N) is 1. The summed E-state index contributed by atoms with van der Waals surface area (Å²) in [5.74, 6) is 0.0776. The number of nitrogens with two attached hydrogens (primary N) is 1. The van der Waals surface area contributed by atoms with Gasteiger partial charge in [-0.2, -0.15) is 0 Å². The third-order valence-electron chi connectivity index (χ3n) is 1.64. The summed E-state index contributed by atoms with van der Waals surface area (Å²) < 4.78 is 0. The summed E-state index contributed by atoms with van der Waals surface area (Å²) in [6.45, 7) is 2.53. The van der Waals surface area contributed by atoms with Crippen molar-refractivity contribution in [2.24, 2.45) is 5.73 Å². The molecule has 0 unspecified atom stereocenters. The lowest BCUT2D eigenvalue weighted by atomic mass is 10.3. The van der Waals surface area contributed by atoms with Gasteiger partial charge in [0.25, 0.3) is 0 Å². The third-order valence-corrected chi connectivity index (χ3v) is 1.64. The molecule has 3 N–H and O–H groups in total. The number of primary amides is 1. The van der Waals surface area contributed by atoms with E-state index in [-0.39, 0.29) is 6.42 Å². The predicted octanol–water partition coefficient (Wildman–Crippen LogP) is -0.468. The first-order valence-electron chi connectivity index (χ1n) is 4.38. The Labute approximate surface area is 82.7 Å². The molecule has 0 atom stereocenters. The van der Waals surface area contributed by atoms with Crippen LogP contribution >= 0.6 is 0 Å². The quantitative estimate of drug-likeness (QED) is 0.679. The molecule has 1 aromatic rings. The molecule has 1 heterocycles. The Hall–Kier alpha value is -1.49. The van der Waals surface area contributed by atoms with Gasteiger partial charge in [-0.15, -0.1) is 0 Å². The Balaban J connectivity index is 2.88. The van der Waals surface area contributed by atoms with Crippen LogP contribution in [-0.2, 0) is 17.8 Å². The third kappa shape index (κ3) is 3.10. The second-order valence-electron chi connectivity index (χ2n) is 3.09. The molecular weight excluding hydrogens is 180 g/mol. The van der Waals surface area contributed by atoms with Crippen LogP contribution in [0.1, 0.15) is 17.2 Å². The summed E-state index contributed by atoms with van der Waals surface area (Å²) in [6, 6.07) is 1.88. The standard InChI is InChI=1S/C9H14N4O/c1-6-3-7(5-11-2)13-9(12-6)4-8(10)14/h3,11H,4-5H2,1-2H3,(H2,10,14). The lowest BCUT2D eigenvalue weighted by Crippen LogP contribution is -2.17. The molecule has 1 amide bonds. The molecule has 0 radical (unpaired) electrons. The Bertz CT molecular complexity index is 338. The van der Waals surface area contributed by atoms with Crippen LogP contribution in [0.15, 0.2) is 6.07 Å². The van der Waals surface area contributed by atoms with E-state index in [1.54, 1.807) is 0 Å². The number of hydrogen-bond donors (Lipinski definition) is 2. The van der Waals surface area contributed by atoms with Crippen molar-refractivity contribution in [3.63, 3.8) is 0 Å². The first kappa shape index (κ1) is 10.6. The summed E-state index contributed by atoms with van der Waals surface area (Å²) in [6.07, 6.45) is 0.0956. The van der Waals surface area contributed by atoms with Gasteiger partial charge in [0, 0.05) is 12.2 Å². The zero-order valence-corrected chi connectivity index (χ0v) is 8.37. The fourth-order valence-corrected chi connectivity index (χ4v) is 1.21. The molecule has 1 rings (SSSR count). The topological polar surface area (TPSA) is 80.9 Å². The number of hydrogen-bond acceptors (Lipinski definition) is 4. The number of aromatic nitrogens is 2. The van der Waals surface area contributed by atoms with Gasteiger partial charge in [0.1, 0.15) is 5.82 Å². The molecule has 0 aliphatic rings. The van der Waals surface area contributed by atoms with Gasteiger partial charge in [-0.25, -0.2) is 9.97 Å². The van der Waals surface area contributed by atoms with Gasteiger partial charge < -0.3 is 11.1 Å². The Kier molecular flexibility index (Phi) is 3.53. The molecule has 0 bridgehead atoms. The smallest absolute Gasteiger partial charge is 0.225 e. The van der Waals surface area contributed by atoms with E-state index in [0.29, 0.717) is 12.4 Å². The van der Waals surface area contributed by atoms with Gasteiger partial charge in [-0.3, -0.25) is 4.79 Å². The van der Waals surface area contributed by atoms with Crippen molar-refractivity contribution >= 4 is 5.91 Å². The van der Waals surface area contributed by atoms with Gasteiger partial charge in [0.15, 0.2) is 0 Å². The highest BCUT2D eigenvalue weighted by Crippen LogP contribution is 2.00. The van der Waals surface area contributed by atoms with Gasteiger partial charge in [-0.05, 0) is 20.0 Å². The Morgan fingerprint density at radius 2 is 2.29 bits per heavy atom. The largest absolute Gasteiger partial charge is 0.369 e.